The lowest BCUT2D eigenvalue weighted by Crippen LogP contribution is -2.24. The zero-order chi connectivity index (χ0) is 32.6. The lowest BCUT2D eigenvalue weighted by atomic mass is 10.0. The molecule has 0 aliphatic carbocycles. The van der Waals surface area contributed by atoms with Gasteiger partial charge in [-0.25, -0.2) is 0 Å². The molecule has 0 saturated carbocycles. The van der Waals surface area contributed by atoms with Gasteiger partial charge in [0, 0.05) is 0 Å². The summed E-state index contributed by atoms with van der Waals surface area (Å²) in [6.45, 7) is 13.1. The summed E-state index contributed by atoms with van der Waals surface area (Å²) in [6.07, 6.45) is 13.5. The maximum atomic E-state index is 13.1. The molecule has 0 rings (SSSR count). The Labute approximate surface area is 279 Å². The highest BCUT2D eigenvalue weighted by Crippen LogP contribution is 2.43. The molecule has 0 aromatic carbocycles. The van der Waals surface area contributed by atoms with Crippen molar-refractivity contribution in [3.8, 4) is 0 Å². The lowest BCUT2D eigenvalue weighted by molar-refractivity contribution is -0.145. The van der Waals surface area contributed by atoms with Crippen LogP contribution in [0.4, 0.5) is 0 Å². The summed E-state index contributed by atoms with van der Waals surface area (Å²) in [5.74, 6) is -2.09. The van der Waals surface area contributed by atoms with Gasteiger partial charge in [-0.1, -0.05) is 155 Å². The zero-order valence-corrected chi connectivity index (χ0v) is 30.8. The number of unbranched alkanes of at least 4 members (excludes halogenated alkanes) is 6. The van der Waals surface area contributed by atoms with E-state index in [1.54, 1.807) is 0 Å². The molecule has 0 fully saturated rings. The summed E-state index contributed by atoms with van der Waals surface area (Å²) in [5, 5.41) is 4.11. The van der Waals surface area contributed by atoms with Crippen LogP contribution in [0.5, 0.6) is 0 Å². The minimum absolute atomic E-state index is 0.517. The first-order chi connectivity index (χ1) is 20.4. The van der Waals surface area contributed by atoms with Gasteiger partial charge in [0.25, 0.3) is 0 Å². The van der Waals surface area contributed by atoms with Crippen LogP contribution < -0.4 is 0 Å². The second-order valence-corrected chi connectivity index (χ2v) is 14.6. The average Bonchev–Trinajstić information content (AvgIpc) is 2.93. The van der Waals surface area contributed by atoms with Crippen molar-refractivity contribution < 1.29 is 28.0 Å². The molecular formula is C33H57O6PS3. The normalized spacial score (nSPS) is 14.2. The summed E-state index contributed by atoms with van der Waals surface area (Å²) in [4.78, 5) is 39.2. The topological polar surface area (TPSA) is 78.9 Å². The number of thiocarbonyl (C=S) groups is 3. The molecule has 0 aliphatic heterocycles. The molecule has 43 heavy (non-hydrogen) atoms. The van der Waals surface area contributed by atoms with Gasteiger partial charge in [-0.15, -0.1) is 0 Å². The van der Waals surface area contributed by atoms with Crippen LogP contribution in [-0.4, -0.2) is 34.0 Å². The Morgan fingerprint density at radius 3 is 0.907 bits per heavy atom. The van der Waals surface area contributed by atoms with E-state index in [1.165, 1.54) is 16.1 Å². The highest BCUT2D eigenvalue weighted by atomic mass is 32.1. The second-order valence-electron chi connectivity index (χ2n) is 12.8. The number of hydrogen-bond donors (Lipinski definition) is 0. The van der Waals surface area contributed by atoms with Crippen LogP contribution in [0, 0.1) is 35.5 Å². The van der Waals surface area contributed by atoms with E-state index in [0.717, 1.165) is 77.0 Å². The van der Waals surface area contributed by atoms with Gasteiger partial charge < -0.3 is 13.6 Å². The maximum Gasteiger partial charge on any atom is 0.537 e. The van der Waals surface area contributed by atoms with E-state index in [9.17, 15) is 14.4 Å². The molecule has 0 radical (unpaired) electrons. The molecule has 0 saturated heterocycles. The molecule has 3 atom stereocenters. The third-order valence-corrected chi connectivity index (χ3v) is 9.26. The van der Waals surface area contributed by atoms with Crippen LogP contribution >= 0.6 is 45.3 Å². The molecule has 0 aromatic rings. The largest absolute Gasteiger partial charge is 0.537 e. The Morgan fingerprint density at radius 2 is 0.698 bits per heavy atom. The van der Waals surface area contributed by atoms with Crippen LogP contribution in [0.2, 0.25) is 0 Å². The molecule has 0 aliphatic rings. The van der Waals surface area contributed by atoms with Crippen LogP contribution in [0.15, 0.2) is 0 Å². The van der Waals surface area contributed by atoms with Gasteiger partial charge in [-0.3, -0.25) is 14.4 Å². The fraction of sp³-hybridized carbons (Fsp3) is 0.818. The molecule has 6 nitrogen and oxygen atoms in total. The quantitative estimate of drug-likeness (QED) is 0.0480. The van der Waals surface area contributed by atoms with Gasteiger partial charge in [0.1, 0.15) is 0 Å². The number of carbonyl (C=O) groups excluding carboxylic acids is 3. The highest BCUT2D eigenvalue weighted by Gasteiger charge is 2.34. The highest BCUT2D eigenvalue weighted by molar-refractivity contribution is 7.79. The first-order valence-electron chi connectivity index (χ1n) is 16.3. The fourth-order valence-corrected chi connectivity index (χ4v) is 6.18. The summed E-state index contributed by atoms with van der Waals surface area (Å²) in [7, 11) is -2.63. The van der Waals surface area contributed by atoms with Gasteiger partial charge in [0.05, 0.1) is 17.8 Å². The molecular weight excluding hydrogens is 620 g/mol. The Kier molecular flexibility index (Phi) is 25.8. The van der Waals surface area contributed by atoms with Gasteiger partial charge in [-0.05, 0) is 53.1 Å². The van der Waals surface area contributed by atoms with Crippen molar-refractivity contribution >= 4 is 79.3 Å². The van der Waals surface area contributed by atoms with E-state index in [-0.39, 0.29) is 0 Å². The number of carbonyl (C=O) groups is 3. The Bertz CT molecular complexity index is 716. The lowest BCUT2D eigenvalue weighted by Gasteiger charge is -2.20. The molecule has 0 amide bonds. The molecule has 3 unspecified atom stereocenters. The Morgan fingerprint density at radius 1 is 0.465 bits per heavy atom. The van der Waals surface area contributed by atoms with Crippen LogP contribution in [0.3, 0.4) is 0 Å². The summed E-state index contributed by atoms with van der Waals surface area (Å²) in [5.41, 5.74) is 0. The van der Waals surface area contributed by atoms with E-state index < -0.39 is 44.3 Å². The molecule has 0 N–H and O–H groups in total. The van der Waals surface area contributed by atoms with Crippen molar-refractivity contribution in [3.05, 3.63) is 0 Å². The maximum absolute atomic E-state index is 13.1. The van der Waals surface area contributed by atoms with E-state index in [2.05, 4.69) is 41.5 Å². The van der Waals surface area contributed by atoms with Crippen molar-refractivity contribution in [1.82, 2.24) is 0 Å². The first kappa shape index (κ1) is 42.1. The molecule has 0 bridgehead atoms. The van der Waals surface area contributed by atoms with Crippen LogP contribution in [-0.2, 0) is 28.0 Å². The predicted octanol–water partition coefficient (Wildman–Crippen LogP) is 10.5. The van der Waals surface area contributed by atoms with Gasteiger partial charge in [0.2, 0.25) is 0 Å². The smallest absolute Gasteiger partial charge is 0.375 e. The van der Waals surface area contributed by atoms with Crippen molar-refractivity contribution in [2.24, 2.45) is 35.5 Å². The van der Waals surface area contributed by atoms with E-state index in [1.807, 2.05) is 0 Å². The molecule has 248 valence electrons. The minimum atomic E-state index is -2.63. The third kappa shape index (κ3) is 22.3. The summed E-state index contributed by atoms with van der Waals surface area (Å²) < 4.78 is 16.5. The summed E-state index contributed by atoms with van der Waals surface area (Å²) in [6, 6.07) is 0. The number of hydrogen-bond acceptors (Lipinski definition) is 9. The Balaban J connectivity index is 5.37. The monoisotopic (exact) mass is 676 g/mol. The SMILES string of the molecule is CC(C)CCCCCC(C=S)C(=O)OP(OC(=O)C(C=S)CCCCCC(C)C)OC(=O)C(C=S)CCCCCC(C)C. The van der Waals surface area contributed by atoms with Gasteiger partial charge in [-0.2, -0.15) is 0 Å². The molecule has 0 aromatic heterocycles. The molecule has 10 heteroatoms. The van der Waals surface area contributed by atoms with Crippen molar-refractivity contribution in [3.63, 3.8) is 0 Å². The second kappa shape index (κ2) is 26.3. The van der Waals surface area contributed by atoms with E-state index in [0.29, 0.717) is 37.0 Å². The van der Waals surface area contributed by atoms with Crippen molar-refractivity contribution in [1.29, 1.82) is 0 Å². The molecule has 0 heterocycles. The number of rotatable bonds is 27. The zero-order valence-electron chi connectivity index (χ0n) is 27.4. The predicted molar refractivity (Wildman–Crippen MR) is 190 cm³/mol. The van der Waals surface area contributed by atoms with E-state index >= 15 is 0 Å². The van der Waals surface area contributed by atoms with Gasteiger partial charge >= 0.3 is 26.5 Å². The van der Waals surface area contributed by atoms with Crippen LogP contribution in [0.1, 0.15) is 138 Å². The molecule has 0 spiro atoms. The van der Waals surface area contributed by atoms with Crippen molar-refractivity contribution in [2.75, 3.05) is 0 Å². The minimum Gasteiger partial charge on any atom is -0.375 e. The third-order valence-electron chi connectivity index (χ3n) is 7.28. The Hall–Kier alpha value is -0.890. The van der Waals surface area contributed by atoms with Crippen molar-refractivity contribution in [2.45, 2.75) is 138 Å². The summed E-state index contributed by atoms with van der Waals surface area (Å²) >= 11 is 15.4. The standard InChI is InChI=1S/C33H57O6PS3/c1-25(2)16-10-7-13-19-28(22-41)31(34)37-40(38-32(35)29(23-42)20-14-8-11-17-26(3)4)39-33(36)30(24-43)21-15-9-12-18-27(5)6/h22-30H,7-21H2,1-6H3. The van der Waals surface area contributed by atoms with Crippen LogP contribution in [0.25, 0.3) is 0 Å². The average molecular weight is 677 g/mol. The van der Waals surface area contributed by atoms with Gasteiger partial charge in [0.15, 0.2) is 0 Å². The fourth-order valence-electron chi connectivity index (χ4n) is 4.48. The first-order valence-corrected chi connectivity index (χ1v) is 18.8. The van der Waals surface area contributed by atoms with E-state index in [4.69, 9.17) is 50.2 Å².